The fourth-order valence-corrected chi connectivity index (χ4v) is 2.19. The minimum atomic E-state index is -0.739. The largest absolute Gasteiger partial charge is 0.468 e. The molecule has 0 radical (unpaired) electrons. The first-order valence-corrected chi connectivity index (χ1v) is 5.44. The number of aromatic nitrogens is 1. The molecular formula is C13H16N2O2. The van der Waals surface area contributed by atoms with E-state index < -0.39 is 12.0 Å². The summed E-state index contributed by atoms with van der Waals surface area (Å²) in [6, 6.07) is 7.23. The van der Waals surface area contributed by atoms with Gasteiger partial charge >= 0.3 is 5.97 Å². The number of para-hydroxylation sites is 1. The lowest BCUT2D eigenvalue weighted by atomic mass is 10.1. The lowest BCUT2D eigenvalue weighted by Gasteiger charge is -2.11. The maximum Gasteiger partial charge on any atom is 0.328 e. The minimum Gasteiger partial charge on any atom is -0.468 e. The van der Waals surface area contributed by atoms with Gasteiger partial charge in [0.25, 0.3) is 0 Å². The first-order valence-electron chi connectivity index (χ1n) is 5.44. The number of ether oxygens (including phenoxy) is 1. The van der Waals surface area contributed by atoms with E-state index in [0.29, 0.717) is 0 Å². The number of carbonyl (C=O) groups is 1. The highest BCUT2D eigenvalue weighted by Gasteiger charge is 2.21. The normalized spacial score (nSPS) is 12.7. The van der Waals surface area contributed by atoms with E-state index in [9.17, 15) is 4.79 Å². The van der Waals surface area contributed by atoms with Crippen molar-refractivity contribution in [3.8, 4) is 0 Å². The molecule has 1 unspecified atom stereocenters. The van der Waals surface area contributed by atoms with E-state index in [1.165, 1.54) is 7.11 Å². The Bertz CT molecular complexity index is 572. The van der Waals surface area contributed by atoms with Crippen molar-refractivity contribution in [1.29, 1.82) is 0 Å². The number of methoxy groups -OCH3 is 1. The Hall–Kier alpha value is -1.81. The van der Waals surface area contributed by atoms with Crippen LogP contribution in [0.5, 0.6) is 0 Å². The van der Waals surface area contributed by atoms with Gasteiger partial charge in [-0.05, 0) is 18.6 Å². The van der Waals surface area contributed by atoms with Crippen LogP contribution in [-0.4, -0.2) is 17.6 Å². The predicted octanol–water partition coefficient (Wildman–Crippen LogP) is 1.66. The van der Waals surface area contributed by atoms with Crippen molar-refractivity contribution in [1.82, 2.24) is 4.57 Å². The molecule has 0 saturated heterocycles. The molecule has 90 valence electrons. The highest BCUT2D eigenvalue weighted by atomic mass is 16.5. The summed E-state index contributed by atoms with van der Waals surface area (Å²) in [5.41, 5.74) is 8.89. The Balaban J connectivity index is 2.60. The SMILES string of the molecule is COC(=O)C(N)c1cc2cccc(C)c2n1C. The molecule has 0 aliphatic carbocycles. The Kier molecular flexibility index (Phi) is 2.90. The minimum absolute atomic E-state index is 0.423. The van der Waals surface area contributed by atoms with Crippen molar-refractivity contribution < 1.29 is 9.53 Å². The van der Waals surface area contributed by atoms with Crippen LogP contribution < -0.4 is 5.73 Å². The van der Waals surface area contributed by atoms with Crippen molar-refractivity contribution >= 4 is 16.9 Å². The van der Waals surface area contributed by atoms with Gasteiger partial charge in [0.1, 0.15) is 6.04 Å². The van der Waals surface area contributed by atoms with Crippen molar-refractivity contribution in [2.24, 2.45) is 12.8 Å². The van der Waals surface area contributed by atoms with Crippen LogP contribution in [0.1, 0.15) is 17.3 Å². The Labute approximate surface area is 100.0 Å². The highest BCUT2D eigenvalue weighted by molar-refractivity contribution is 5.87. The van der Waals surface area contributed by atoms with Gasteiger partial charge in [-0.2, -0.15) is 0 Å². The van der Waals surface area contributed by atoms with Gasteiger partial charge in [0.2, 0.25) is 0 Å². The molecule has 0 amide bonds. The van der Waals surface area contributed by atoms with E-state index in [2.05, 4.69) is 4.74 Å². The Morgan fingerprint density at radius 2 is 2.18 bits per heavy atom. The summed E-state index contributed by atoms with van der Waals surface area (Å²) in [5.74, 6) is -0.423. The van der Waals surface area contributed by atoms with E-state index in [0.717, 1.165) is 22.2 Å². The maximum atomic E-state index is 11.5. The van der Waals surface area contributed by atoms with Crippen LogP contribution in [0.15, 0.2) is 24.3 Å². The number of nitrogens with zero attached hydrogens (tertiary/aromatic N) is 1. The third-order valence-electron chi connectivity index (χ3n) is 3.07. The lowest BCUT2D eigenvalue weighted by molar-refractivity contribution is -0.142. The fourth-order valence-electron chi connectivity index (χ4n) is 2.19. The van der Waals surface area contributed by atoms with Gasteiger partial charge in [-0.25, -0.2) is 4.79 Å². The monoisotopic (exact) mass is 232 g/mol. The quantitative estimate of drug-likeness (QED) is 0.801. The van der Waals surface area contributed by atoms with E-state index in [1.54, 1.807) is 0 Å². The molecular weight excluding hydrogens is 216 g/mol. The Morgan fingerprint density at radius 3 is 2.76 bits per heavy atom. The zero-order valence-electron chi connectivity index (χ0n) is 10.2. The molecule has 1 atom stereocenters. The van der Waals surface area contributed by atoms with Crippen molar-refractivity contribution in [3.63, 3.8) is 0 Å². The van der Waals surface area contributed by atoms with Crippen molar-refractivity contribution in [2.75, 3.05) is 7.11 Å². The molecule has 0 aliphatic heterocycles. The van der Waals surface area contributed by atoms with E-state index >= 15 is 0 Å². The van der Waals surface area contributed by atoms with Crippen LogP contribution in [0.3, 0.4) is 0 Å². The van der Waals surface area contributed by atoms with E-state index in [-0.39, 0.29) is 0 Å². The standard InChI is InChI=1S/C13H16N2O2/c1-8-5-4-6-9-7-10(15(2)12(8)9)11(14)13(16)17-3/h4-7,11H,14H2,1-3H3. The predicted molar refractivity (Wildman–Crippen MR) is 66.6 cm³/mol. The third-order valence-corrected chi connectivity index (χ3v) is 3.07. The average Bonchev–Trinajstić information content (AvgIpc) is 2.66. The number of aryl methyl sites for hydroxylation is 2. The molecule has 1 aromatic heterocycles. The fraction of sp³-hybridized carbons (Fsp3) is 0.308. The van der Waals surface area contributed by atoms with Gasteiger partial charge in [-0.1, -0.05) is 18.2 Å². The molecule has 0 saturated carbocycles. The summed E-state index contributed by atoms with van der Waals surface area (Å²) in [4.78, 5) is 11.5. The van der Waals surface area contributed by atoms with Crippen LogP contribution in [0.2, 0.25) is 0 Å². The second-order valence-electron chi connectivity index (χ2n) is 4.14. The molecule has 2 N–H and O–H groups in total. The van der Waals surface area contributed by atoms with E-state index in [1.807, 2.05) is 42.8 Å². The zero-order chi connectivity index (χ0) is 12.6. The topological polar surface area (TPSA) is 57.2 Å². The highest BCUT2D eigenvalue weighted by Crippen LogP contribution is 2.25. The summed E-state index contributed by atoms with van der Waals surface area (Å²) >= 11 is 0. The van der Waals surface area contributed by atoms with Gasteiger partial charge < -0.3 is 15.0 Å². The number of carbonyl (C=O) groups excluding carboxylic acids is 1. The molecule has 0 bridgehead atoms. The van der Waals surface area contributed by atoms with Crippen LogP contribution >= 0.6 is 0 Å². The van der Waals surface area contributed by atoms with Gasteiger partial charge in [-0.3, -0.25) is 0 Å². The molecule has 2 rings (SSSR count). The molecule has 0 spiro atoms. The van der Waals surface area contributed by atoms with Gasteiger partial charge in [0, 0.05) is 18.1 Å². The van der Waals surface area contributed by atoms with Crippen LogP contribution in [0, 0.1) is 6.92 Å². The van der Waals surface area contributed by atoms with Crippen molar-refractivity contribution in [3.05, 3.63) is 35.5 Å². The zero-order valence-corrected chi connectivity index (χ0v) is 10.2. The summed E-state index contributed by atoms with van der Waals surface area (Å²) in [6.07, 6.45) is 0. The number of benzene rings is 1. The molecule has 0 fully saturated rings. The molecule has 4 nitrogen and oxygen atoms in total. The number of nitrogens with two attached hydrogens (primary N) is 1. The maximum absolute atomic E-state index is 11.5. The van der Waals surface area contributed by atoms with Crippen molar-refractivity contribution in [2.45, 2.75) is 13.0 Å². The molecule has 17 heavy (non-hydrogen) atoms. The first-order chi connectivity index (χ1) is 8.06. The average molecular weight is 232 g/mol. The molecule has 1 heterocycles. The van der Waals surface area contributed by atoms with Crippen LogP contribution in [0.25, 0.3) is 10.9 Å². The second kappa shape index (κ2) is 4.22. The lowest BCUT2D eigenvalue weighted by Crippen LogP contribution is -2.24. The Morgan fingerprint density at radius 1 is 1.47 bits per heavy atom. The van der Waals surface area contributed by atoms with Crippen LogP contribution in [-0.2, 0) is 16.6 Å². The van der Waals surface area contributed by atoms with Crippen LogP contribution in [0.4, 0.5) is 0 Å². The summed E-state index contributed by atoms with van der Waals surface area (Å²) in [6.45, 7) is 2.04. The number of hydrogen-bond acceptors (Lipinski definition) is 3. The smallest absolute Gasteiger partial charge is 0.328 e. The first kappa shape index (κ1) is 11.7. The van der Waals surface area contributed by atoms with E-state index in [4.69, 9.17) is 5.73 Å². The molecule has 4 heteroatoms. The van der Waals surface area contributed by atoms with Gasteiger partial charge in [0.05, 0.1) is 12.6 Å². The number of hydrogen-bond donors (Lipinski definition) is 1. The molecule has 0 aliphatic rings. The number of esters is 1. The summed E-state index contributed by atoms with van der Waals surface area (Å²) < 4.78 is 6.62. The number of fused-ring (bicyclic) bond motifs is 1. The molecule has 2 aromatic rings. The second-order valence-corrected chi connectivity index (χ2v) is 4.14. The van der Waals surface area contributed by atoms with Gasteiger partial charge in [-0.15, -0.1) is 0 Å². The summed E-state index contributed by atoms with van der Waals surface area (Å²) in [7, 11) is 3.25. The van der Waals surface area contributed by atoms with Gasteiger partial charge in [0.15, 0.2) is 0 Å². The summed E-state index contributed by atoms with van der Waals surface area (Å²) in [5, 5.41) is 1.09. The number of rotatable bonds is 2. The third kappa shape index (κ3) is 1.80. The molecule has 1 aromatic carbocycles.